The molecule has 1 amide bonds. The molecule has 2 N–H and O–H groups in total. The number of rotatable bonds is 3. The van der Waals surface area contributed by atoms with Crippen molar-refractivity contribution in [2.24, 2.45) is 10.8 Å². The third kappa shape index (κ3) is 3.62. The summed E-state index contributed by atoms with van der Waals surface area (Å²) in [6, 6.07) is 13.4. The lowest BCUT2D eigenvalue weighted by molar-refractivity contribution is 0.100. The van der Waals surface area contributed by atoms with Crippen LogP contribution >= 0.6 is 0 Å². The lowest BCUT2D eigenvalue weighted by Gasteiger charge is -2.26. The van der Waals surface area contributed by atoms with E-state index >= 15 is 0 Å². The fraction of sp³-hybridized carbons (Fsp3) is 0.0417. The molecule has 2 aromatic carbocycles. The first-order chi connectivity index (χ1) is 17.0. The molecule has 1 atom stereocenters. The van der Waals surface area contributed by atoms with E-state index in [2.05, 4.69) is 20.0 Å². The minimum Gasteiger partial charge on any atom is -0.439 e. The summed E-state index contributed by atoms with van der Waals surface area (Å²) in [5.74, 6) is -1.69. The van der Waals surface area contributed by atoms with Crippen LogP contribution in [0.15, 0.2) is 87.0 Å². The highest BCUT2D eigenvalue weighted by molar-refractivity contribution is 5.99. The number of nitrogens with zero attached hydrogens (tertiary/aromatic N) is 6. The Morgan fingerprint density at radius 3 is 2.57 bits per heavy atom. The predicted molar refractivity (Wildman–Crippen MR) is 123 cm³/mol. The summed E-state index contributed by atoms with van der Waals surface area (Å²) in [4.78, 5) is 35.5. The number of benzene rings is 2. The van der Waals surface area contributed by atoms with Crippen molar-refractivity contribution < 1.29 is 13.9 Å². The Labute approximate surface area is 196 Å². The zero-order chi connectivity index (χ0) is 24.5. The highest BCUT2D eigenvalue weighted by atomic mass is 16.5. The molecule has 11 heteroatoms. The molecule has 4 aromatic rings. The Balaban J connectivity index is 1.68. The number of hydrogen-bond acceptors (Lipinski definition) is 8. The summed E-state index contributed by atoms with van der Waals surface area (Å²) in [6.45, 7) is 0. The predicted octanol–water partition coefficient (Wildman–Crippen LogP) is 3.92. The maximum absolute atomic E-state index is 13.1. The molecule has 0 saturated heterocycles. The van der Waals surface area contributed by atoms with Crippen LogP contribution in [0.3, 0.4) is 0 Å². The second-order valence-electron chi connectivity index (χ2n) is 7.51. The van der Waals surface area contributed by atoms with E-state index in [1.807, 2.05) is 18.2 Å². The molecule has 0 spiro atoms. The van der Waals surface area contributed by atoms with E-state index in [0.29, 0.717) is 10.9 Å². The maximum atomic E-state index is 13.1. The molecule has 2 aromatic heterocycles. The van der Waals surface area contributed by atoms with Crippen LogP contribution in [0.2, 0.25) is 0 Å². The van der Waals surface area contributed by atoms with Crippen molar-refractivity contribution in [3.05, 3.63) is 110 Å². The minimum absolute atomic E-state index is 0.0347. The number of allylic oxidation sites excluding steroid dienone is 1. The van der Waals surface area contributed by atoms with Crippen LogP contribution in [0.4, 0.5) is 0 Å². The van der Waals surface area contributed by atoms with E-state index < -0.39 is 17.5 Å². The first kappa shape index (κ1) is 21.4. The first-order valence-electron chi connectivity index (χ1n) is 10.1. The summed E-state index contributed by atoms with van der Waals surface area (Å²) >= 11 is 0. The van der Waals surface area contributed by atoms with Crippen molar-refractivity contribution in [2.45, 2.75) is 5.92 Å². The number of fused-ring (bicyclic) bond motifs is 3. The second-order valence-corrected chi connectivity index (χ2v) is 7.51. The van der Waals surface area contributed by atoms with Gasteiger partial charge >= 0.3 is 5.63 Å². The second kappa shape index (κ2) is 8.47. The summed E-state index contributed by atoms with van der Waals surface area (Å²) in [6.07, 6.45) is 4.78. The number of azide groups is 1. The van der Waals surface area contributed by atoms with Gasteiger partial charge in [-0.25, -0.2) is 14.8 Å². The summed E-state index contributed by atoms with van der Waals surface area (Å²) < 4.78 is 11.2. The van der Waals surface area contributed by atoms with Crippen molar-refractivity contribution in [1.29, 1.82) is 5.26 Å². The van der Waals surface area contributed by atoms with E-state index in [1.54, 1.807) is 24.5 Å². The van der Waals surface area contributed by atoms with Crippen LogP contribution in [0, 0.1) is 11.3 Å². The third-order valence-corrected chi connectivity index (χ3v) is 5.59. The molecule has 1 aliphatic rings. The quantitative estimate of drug-likeness (QED) is 0.205. The molecule has 0 saturated carbocycles. The number of hydrogen-bond donors (Lipinski definition) is 1. The SMILES string of the molecule is N#CC1=C(N)Oc2c(c(=O)oc3cc(C(=O)N=[N+]=[N-])ccc23)C1c1ccc(-c2cncnc2)cc1. The van der Waals surface area contributed by atoms with Gasteiger partial charge in [0, 0.05) is 28.4 Å². The average Bonchev–Trinajstić information content (AvgIpc) is 2.88. The monoisotopic (exact) mass is 463 g/mol. The Morgan fingerprint density at radius 2 is 1.89 bits per heavy atom. The molecule has 35 heavy (non-hydrogen) atoms. The zero-order valence-electron chi connectivity index (χ0n) is 17.7. The summed E-state index contributed by atoms with van der Waals surface area (Å²) in [5, 5.41) is 13.2. The van der Waals surface area contributed by atoms with Gasteiger partial charge in [0.1, 0.15) is 23.6 Å². The molecule has 0 aliphatic carbocycles. The van der Waals surface area contributed by atoms with Crippen LogP contribution in [0.25, 0.3) is 32.5 Å². The number of aromatic nitrogens is 2. The normalized spacial score (nSPS) is 14.4. The van der Waals surface area contributed by atoms with Gasteiger partial charge in [0.05, 0.1) is 16.9 Å². The average molecular weight is 463 g/mol. The molecule has 5 rings (SSSR count). The largest absolute Gasteiger partial charge is 0.439 e. The van der Waals surface area contributed by atoms with E-state index in [4.69, 9.17) is 20.4 Å². The van der Waals surface area contributed by atoms with E-state index in [0.717, 1.165) is 11.1 Å². The first-order valence-corrected chi connectivity index (χ1v) is 10.1. The zero-order valence-corrected chi connectivity index (χ0v) is 17.7. The van der Waals surface area contributed by atoms with E-state index in [9.17, 15) is 14.9 Å². The summed E-state index contributed by atoms with van der Waals surface area (Å²) in [5.41, 5.74) is 16.4. The molecule has 0 bridgehead atoms. The van der Waals surface area contributed by atoms with Crippen LogP contribution in [0.5, 0.6) is 5.75 Å². The molecule has 0 fully saturated rings. The number of amides is 1. The van der Waals surface area contributed by atoms with Crippen molar-refractivity contribution in [1.82, 2.24) is 9.97 Å². The number of ether oxygens (including phenoxy) is 1. The van der Waals surface area contributed by atoms with Gasteiger partial charge in [0.15, 0.2) is 5.75 Å². The molecule has 0 radical (unpaired) electrons. The van der Waals surface area contributed by atoms with Gasteiger partial charge in [0.25, 0.3) is 0 Å². The number of carbonyl (C=O) groups is 1. The third-order valence-electron chi connectivity index (χ3n) is 5.59. The lowest BCUT2D eigenvalue weighted by atomic mass is 9.83. The highest BCUT2D eigenvalue weighted by Gasteiger charge is 2.35. The smallest absolute Gasteiger partial charge is 0.344 e. The van der Waals surface area contributed by atoms with Crippen LogP contribution in [0.1, 0.15) is 27.4 Å². The van der Waals surface area contributed by atoms with E-state index in [1.165, 1.54) is 24.5 Å². The molecule has 1 unspecified atom stereocenters. The molecule has 3 heterocycles. The van der Waals surface area contributed by atoms with Gasteiger partial charge in [-0.1, -0.05) is 30.3 Å². The molecule has 11 nitrogen and oxygen atoms in total. The van der Waals surface area contributed by atoms with E-state index in [-0.39, 0.29) is 33.9 Å². The topological polar surface area (TPSA) is 181 Å². The minimum atomic E-state index is -0.838. The summed E-state index contributed by atoms with van der Waals surface area (Å²) in [7, 11) is 0. The Morgan fingerprint density at radius 1 is 1.14 bits per heavy atom. The number of nitrogens with two attached hydrogens (primary N) is 1. The fourth-order valence-corrected chi connectivity index (χ4v) is 4.00. The Bertz CT molecular complexity index is 1680. The highest BCUT2D eigenvalue weighted by Crippen LogP contribution is 2.43. The molecule has 168 valence electrons. The van der Waals surface area contributed by atoms with Crippen molar-refractivity contribution in [2.75, 3.05) is 0 Å². The standard InChI is InChI=1S/C24H13N7O4/c25-8-17-19(13-3-1-12(2-4-13)15-9-28-11-29-10-15)20-21(35-22(17)26)16-6-5-14(23(32)30-31-27)7-18(16)34-24(20)33/h1-7,9-11,19H,26H2. The number of carbonyl (C=O) groups excluding carboxylic acids is 1. The van der Waals surface area contributed by atoms with Crippen molar-refractivity contribution >= 4 is 16.9 Å². The van der Waals surface area contributed by atoms with Gasteiger partial charge in [-0.3, -0.25) is 4.79 Å². The van der Waals surface area contributed by atoms with Crippen LogP contribution in [-0.4, -0.2) is 15.9 Å². The van der Waals surface area contributed by atoms with Gasteiger partial charge in [-0.2, -0.15) is 5.26 Å². The van der Waals surface area contributed by atoms with Gasteiger partial charge in [-0.15, -0.1) is 0 Å². The Kier molecular flexibility index (Phi) is 5.18. The maximum Gasteiger partial charge on any atom is 0.344 e. The molecular weight excluding hydrogens is 450 g/mol. The Hall–Kier alpha value is -5.46. The molecule has 1 aliphatic heterocycles. The van der Waals surface area contributed by atoms with Crippen LogP contribution in [-0.2, 0) is 0 Å². The lowest BCUT2D eigenvalue weighted by Crippen LogP contribution is -2.26. The molecular formula is C24H13N7O4. The van der Waals surface area contributed by atoms with Crippen LogP contribution < -0.4 is 16.1 Å². The van der Waals surface area contributed by atoms with Gasteiger partial charge in [0.2, 0.25) is 11.8 Å². The fourth-order valence-electron chi connectivity index (χ4n) is 4.00. The number of nitriles is 1. The van der Waals surface area contributed by atoms with Gasteiger partial charge in [-0.05, 0) is 33.9 Å². The van der Waals surface area contributed by atoms with Gasteiger partial charge < -0.3 is 14.9 Å². The van der Waals surface area contributed by atoms with Crippen molar-refractivity contribution in [3.8, 4) is 22.9 Å². The van der Waals surface area contributed by atoms with Crippen molar-refractivity contribution in [3.63, 3.8) is 0 Å².